The van der Waals surface area contributed by atoms with Crippen LogP contribution in [0.4, 0.5) is 0 Å². The molecule has 2 heterocycles. The Morgan fingerprint density at radius 1 is 0.800 bits per heavy atom. The Labute approximate surface area is 268 Å². The van der Waals surface area contributed by atoms with Crippen LogP contribution in [-0.4, -0.2) is 85.2 Å². The van der Waals surface area contributed by atoms with Crippen LogP contribution >= 0.6 is 0 Å². The van der Waals surface area contributed by atoms with Gasteiger partial charge in [-0.3, -0.25) is 4.79 Å². The smallest absolute Gasteiger partial charge is 0.225 e. The highest BCUT2D eigenvalue weighted by atomic mass is 16.8. The molecule has 45 heavy (non-hydrogen) atoms. The Morgan fingerprint density at radius 2 is 1.31 bits per heavy atom. The monoisotopic (exact) mass is 616 g/mol. The molecule has 2 aliphatic heterocycles. The number of hydrogen-bond acceptors (Lipinski definition) is 7. The van der Waals surface area contributed by atoms with Crippen LogP contribution in [-0.2, 0) is 48.3 Å². The first-order valence-corrected chi connectivity index (χ1v) is 16.0. The second-order valence-corrected chi connectivity index (χ2v) is 12.6. The van der Waals surface area contributed by atoms with Crippen LogP contribution in [0.3, 0.4) is 0 Å². The lowest BCUT2D eigenvalue weighted by molar-refractivity contribution is -0.236. The fraction of sp³-hybridized carbons (Fsp3) is 0.486. The average Bonchev–Trinajstić information content (AvgIpc) is 3.29. The fourth-order valence-corrected chi connectivity index (χ4v) is 6.22. The summed E-state index contributed by atoms with van der Waals surface area (Å²) in [6, 6.07) is 30.1. The van der Waals surface area contributed by atoms with Gasteiger partial charge in [0.25, 0.3) is 0 Å². The number of piperazine rings is 1. The molecular formula is C37H48N2O6. The molecule has 3 aromatic rings. The van der Waals surface area contributed by atoms with Crippen molar-refractivity contribution in [3.63, 3.8) is 0 Å². The summed E-state index contributed by atoms with van der Waals surface area (Å²) < 4.78 is 33.2. The van der Waals surface area contributed by atoms with E-state index in [1.54, 1.807) is 0 Å². The van der Waals surface area contributed by atoms with Gasteiger partial charge in [-0.15, -0.1) is 0 Å². The summed E-state index contributed by atoms with van der Waals surface area (Å²) in [6.07, 6.45) is -1.59. The molecule has 0 spiro atoms. The van der Waals surface area contributed by atoms with Crippen LogP contribution in [0.5, 0.6) is 0 Å². The Bertz CT molecular complexity index is 1320. The third-order valence-corrected chi connectivity index (χ3v) is 8.65. The minimum absolute atomic E-state index is 0.0423. The Hall–Kier alpha value is -3.11. The largest absolute Gasteiger partial charge is 0.374 e. The van der Waals surface area contributed by atoms with Crippen LogP contribution in [0.1, 0.15) is 43.9 Å². The number of amides is 1. The van der Waals surface area contributed by atoms with Gasteiger partial charge in [0.15, 0.2) is 5.79 Å². The molecule has 4 atom stereocenters. The Kier molecular flexibility index (Phi) is 11.4. The lowest BCUT2D eigenvalue weighted by Gasteiger charge is -2.43. The summed E-state index contributed by atoms with van der Waals surface area (Å²) in [6.45, 7) is 10.1. The van der Waals surface area contributed by atoms with Gasteiger partial charge >= 0.3 is 0 Å². The van der Waals surface area contributed by atoms with Crippen LogP contribution in [0.2, 0.25) is 0 Å². The maximum absolute atomic E-state index is 13.9. The minimum atomic E-state index is -1.06. The number of ether oxygens (including phenoxy) is 5. The van der Waals surface area contributed by atoms with Gasteiger partial charge in [-0.25, -0.2) is 0 Å². The van der Waals surface area contributed by atoms with Crippen molar-refractivity contribution in [1.29, 1.82) is 0 Å². The standard InChI is InChI=1S/C37H48N2O6/c1-29-37(45-36(2,3)44-29,28-41-25-30-14-8-5-9-15-30)35(43-27-32-18-12-7-13-19-32)33(42-26-31-16-10-6-11-17-31)24-34(40)39-22-20-38(4)21-23-39/h5-19,29,33,35H,20-28H2,1-4H3/t29?,33-,35+,37-/m1/s1. The van der Waals surface area contributed by atoms with Crippen molar-refractivity contribution in [3.05, 3.63) is 108 Å². The highest BCUT2D eigenvalue weighted by molar-refractivity contribution is 5.77. The molecule has 1 amide bonds. The Balaban J connectivity index is 1.48. The van der Waals surface area contributed by atoms with E-state index in [0.29, 0.717) is 32.9 Å². The third-order valence-electron chi connectivity index (χ3n) is 8.65. The van der Waals surface area contributed by atoms with E-state index in [9.17, 15) is 4.79 Å². The van der Waals surface area contributed by atoms with Gasteiger partial charge in [0.1, 0.15) is 11.7 Å². The molecule has 0 aromatic heterocycles. The lowest BCUT2D eigenvalue weighted by atomic mass is 9.86. The molecule has 0 radical (unpaired) electrons. The Morgan fingerprint density at radius 3 is 1.82 bits per heavy atom. The van der Waals surface area contributed by atoms with Crippen molar-refractivity contribution in [3.8, 4) is 0 Å². The summed E-state index contributed by atoms with van der Waals surface area (Å²) >= 11 is 0. The van der Waals surface area contributed by atoms with Crippen molar-refractivity contribution < 1.29 is 28.5 Å². The predicted molar refractivity (Wildman–Crippen MR) is 173 cm³/mol. The van der Waals surface area contributed by atoms with Crippen molar-refractivity contribution in [2.45, 2.75) is 76.7 Å². The summed E-state index contributed by atoms with van der Waals surface area (Å²) in [7, 11) is 2.08. The molecule has 8 heteroatoms. The van der Waals surface area contributed by atoms with E-state index >= 15 is 0 Å². The van der Waals surface area contributed by atoms with Crippen LogP contribution in [0.25, 0.3) is 0 Å². The zero-order valence-corrected chi connectivity index (χ0v) is 27.1. The van der Waals surface area contributed by atoms with E-state index < -0.39 is 29.7 Å². The van der Waals surface area contributed by atoms with Gasteiger partial charge < -0.3 is 33.5 Å². The first-order valence-electron chi connectivity index (χ1n) is 16.0. The predicted octanol–water partition coefficient (Wildman–Crippen LogP) is 5.45. The second-order valence-electron chi connectivity index (χ2n) is 12.6. The van der Waals surface area contributed by atoms with Gasteiger partial charge in [0, 0.05) is 26.2 Å². The SMILES string of the molecule is CC1OC(C)(C)O[C@@]1(COCc1ccccc1)[C@@H](OCc1ccccc1)[C@@H](CC(=O)N1CCN(C)CC1)OCc1ccccc1. The van der Waals surface area contributed by atoms with E-state index in [1.807, 2.05) is 117 Å². The number of rotatable bonds is 14. The van der Waals surface area contributed by atoms with Gasteiger partial charge in [0.2, 0.25) is 5.91 Å². The van der Waals surface area contributed by atoms with Gasteiger partial charge in [-0.1, -0.05) is 91.0 Å². The molecule has 0 bridgehead atoms. The van der Waals surface area contributed by atoms with Crippen molar-refractivity contribution >= 4 is 5.91 Å². The number of likely N-dealkylation sites (N-methyl/N-ethyl adjacent to an activating group) is 1. The normalized spacial score (nSPS) is 23.1. The van der Waals surface area contributed by atoms with E-state index in [1.165, 1.54) is 0 Å². The molecule has 5 rings (SSSR count). The molecule has 242 valence electrons. The maximum Gasteiger partial charge on any atom is 0.225 e. The van der Waals surface area contributed by atoms with Gasteiger partial charge in [-0.05, 0) is 44.5 Å². The number of hydrogen-bond donors (Lipinski definition) is 0. The number of nitrogens with zero attached hydrogens (tertiary/aromatic N) is 2. The van der Waals surface area contributed by atoms with E-state index in [4.69, 9.17) is 23.7 Å². The van der Waals surface area contributed by atoms with Crippen LogP contribution in [0, 0.1) is 0 Å². The van der Waals surface area contributed by atoms with Gasteiger partial charge in [0.05, 0.1) is 45.1 Å². The highest BCUT2D eigenvalue weighted by Crippen LogP contribution is 2.43. The first-order chi connectivity index (χ1) is 21.7. The summed E-state index contributed by atoms with van der Waals surface area (Å²) in [5.74, 6) is -0.851. The lowest BCUT2D eigenvalue weighted by Crippen LogP contribution is -2.60. The van der Waals surface area contributed by atoms with Crippen LogP contribution in [0.15, 0.2) is 91.0 Å². The molecule has 0 N–H and O–H groups in total. The second kappa shape index (κ2) is 15.5. The van der Waals surface area contributed by atoms with E-state index in [-0.39, 0.29) is 18.9 Å². The van der Waals surface area contributed by atoms with Crippen molar-refractivity contribution in [2.24, 2.45) is 0 Å². The molecule has 2 fully saturated rings. The van der Waals surface area contributed by atoms with Gasteiger partial charge in [-0.2, -0.15) is 0 Å². The highest BCUT2D eigenvalue weighted by Gasteiger charge is 2.59. The number of benzene rings is 3. The average molecular weight is 617 g/mol. The maximum atomic E-state index is 13.9. The number of carbonyl (C=O) groups is 1. The summed E-state index contributed by atoms with van der Waals surface area (Å²) in [4.78, 5) is 18.1. The molecule has 3 aromatic carbocycles. The molecule has 1 unspecified atom stereocenters. The van der Waals surface area contributed by atoms with E-state index in [2.05, 4.69) is 11.9 Å². The minimum Gasteiger partial charge on any atom is -0.374 e. The van der Waals surface area contributed by atoms with Crippen LogP contribution < -0.4 is 0 Å². The zero-order valence-electron chi connectivity index (χ0n) is 27.1. The molecule has 2 saturated heterocycles. The molecular weight excluding hydrogens is 568 g/mol. The quantitative estimate of drug-likeness (QED) is 0.239. The topological polar surface area (TPSA) is 69.7 Å². The summed E-state index contributed by atoms with van der Waals surface area (Å²) in [5.41, 5.74) is 2.03. The van der Waals surface area contributed by atoms with Crippen molar-refractivity contribution in [1.82, 2.24) is 9.80 Å². The first kappa shape index (κ1) is 33.3. The molecule has 2 aliphatic rings. The summed E-state index contributed by atoms with van der Waals surface area (Å²) in [5, 5.41) is 0. The number of carbonyl (C=O) groups excluding carboxylic acids is 1. The van der Waals surface area contributed by atoms with Crippen molar-refractivity contribution in [2.75, 3.05) is 39.8 Å². The molecule has 0 aliphatic carbocycles. The van der Waals surface area contributed by atoms with E-state index in [0.717, 1.165) is 29.8 Å². The zero-order chi connectivity index (χ0) is 31.7. The molecule has 8 nitrogen and oxygen atoms in total. The fourth-order valence-electron chi connectivity index (χ4n) is 6.22. The third kappa shape index (κ3) is 9.00. The molecule has 0 saturated carbocycles.